The Morgan fingerprint density at radius 1 is 1.40 bits per heavy atom. The molecule has 0 amide bonds. The van der Waals surface area contributed by atoms with Crippen molar-refractivity contribution in [2.45, 2.75) is 32.2 Å². The van der Waals surface area contributed by atoms with Gasteiger partial charge in [0.25, 0.3) is 5.56 Å². The summed E-state index contributed by atoms with van der Waals surface area (Å²) in [5, 5.41) is 9.31. The van der Waals surface area contributed by atoms with E-state index in [2.05, 4.69) is 4.98 Å². The van der Waals surface area contributed by atoms with Crippen molar-refractivity contribution in [3.05, 3.63) is 40.4 Å². The van der Waals surface area contributed by atoms with Crippen LogP contribution in [0.1, 0.15) is 18.9 Å². The van der Waals surface area contributed by atoms with E-state index < -0.39 is 23.4 Å². The third-order valence-electron chi connectivity index (χ3n) is 2.94. The molecule has 7 heteroatoms. The second kappa shape index (κ2) is 5.24. The largest absolute Gasteiger partial charge is 0.416 e. The first kappa shape index (κ1) is 14.5. The molecule has 0 saturated carbocycles. The molecule has 1 heterocycles. The molecule has 0 saturated heterocycles. The molecule has 0 aliphatic heterocycles. The normalized spacial score (nSPS) is 13.7. The number of hydrogen-bond donors (Lipinski definition) is 1. The zero-order valence-electron chi connectivity index (χ0n) is 10.7. The predicted octanol–water partition coefficient (Wildman–Crippen LogP) is 2.19. The zero-order valence-corrected chi connectivity index (χ0v) is 10.7. The van der Waals surface area contributed by atoms with Crippen molar-refractivity contribution in [3.8, 4) is 0 Å². The number of halogens is 3. The number of hydrogen-bond acceptors (Lipinski definition) is 3. The maximum Gasteiger partial charge on any atom is 0.416 e. The number of nitrogens with zero attached hydrogens (tertiary/aromatic N) is 2. The molecule has 1 aromatic heterocycles. The van der Waals surface area contributed by atoms with Gasteiger partial charge in [-0.3, -0.25) is 9.36 Å². The van der Waals surface area contributed by atoms with Crippen LogP contribution < -0.4 is 5.56 Å². The summed E-state index contributed by atoms with van der Waals surface area (Å²) in [7, 11) is 0. The Labute approximate surface area is 112 Å². The molecule has 20 heavy (non-hydrogen) atoms. The molecule has 2 aromatic rings. The maximum absolute atomic E-state index is 12.6. The molecular formula is C13H13F3N2O2. The molecule has 0 aliphatic rings. The van der Waals surface area contributed by atoms with Gasteiger partial charge in [-0.1, -0.05) is 0 Å². The molecule has 1 N–H and O–H groups in total. The molecule has 0 spiro atoms. The van der Waals surface area contributed by atoms with E-state index >= 15 is 0 Å². The molecule has 2 rings (SSSR count). The summed E-state index contributed by atoms with van der Waals surface area (Å²) < 4.78 is 39.0. The third-order valence-corrected chi connectivity index (χ3v) is 2.94. The molecule has 0 aliphatic carbocycles. The van der Waals surface area contributed by atoms with Crippen LogP contribution in [-0.4, -0.2) is 20.8 Å². The number of alkyl halides is 3. The molecule has 1 aromatic carbocycles. The van der Waals surface area contributed by atoms with Gasteiger partial charge in [-0.05, 0) is 31.5 Å². The van der Waals surface area contributed by atoms with E-state index in [1.807, 2.05) is 0 Å². The van der Waals surface area contributed by atoms with Gasteiger partial charge < -0.3 is 5.11 Å². The van der Waals surface area contributed by atoms with Crippen molar-refractivity contribution in [1.29, 1.82) is 0 Å². The van der Waals surface area contributed by atoms with E-state index in [-0.39, 0.29) is 17.4 Å². The van der Waals surface area contributed by atoms with Gasteiger partial charge >= 0.3 is 6.18 Å². The third kappa shape index (κ3) is 2.98. The molecule has 0 bridgehead atoms. The lowest BCUT2D eigenvalue weighted by Gasteiger charge is -2.10. The number of aliphatic hydroxyl groups is 1. The minimum absolute atomic E-state index is 0.0121. The first-order valence-corrected chi connectivity index (χ1v) is 6.03. The van der Waals surface area contributed by atoms with E-state index in [1.165, 1.54) is 10.9 Å². The van der Waals surface area contributed by atoms with Crippen molar-refractivity contribution < 1.29 is 18.3 Å². The van der Waals surface area contributed by atoms with Crippen molar-refractivity contribution in [2.24, 2.45) is 0 Å². The summed E-state index contributed by atoms with van der Waals surface area (Å²) in [6, 6.07) is 2.85. The van der Waals surface area contributed by atoms with Crippen LogP contribution in [0.5, 0.6) is 0 Å². The molecule has 4 nitrogen and oxygen atoms in total. The average Bonchev–Trinajstić information content (AvgIpc) is 2.36. The van der Waals surface area contributed by atoms with Crippen LogP contribution in [0, 0.1) is 0 Å². The lowest BCUT2D eigenvalue weighted by molar-refractivity contribution is -0.137. The summed E-state index contributed by atoms with van der Waals surface area (Å²) in [6.07, 6.45) is -3.46. The first-order valence-electron chi connectivity index (χ1n) is 6.03. The van der Waals surface area contributed by atoms with Crippen LogP contribution in [0.2, 0.25) is 0 Å². The monoisotopic (exact) mass is 286 g/mol. The highest BCUT2D eigenvalue weighted by atomic mass is 19.4. The van der Waals surface area contributed by atoms with Crippen LogP contribution in [-0.2, 0) is 12.7 Å². The molecule has 0 fully saturated rings. The van der Waals surface area contributed by atoms with Crippen molar-refractivity contribution >= 4 is 10.9 Å². The van der Waals surface area contributed by atoms with Crippen LogP contribution >= 0.6 is 0 Å². The smallest absolute Gasteiger partial charge is 0.393 e. The Morgan fingerprint density at radius 3 is 2.70 bits per heavy atom. The van der Waals surface area contributed by atoms with Gasteiger partial charge in [-0.2, -0.15) is 13.2 Å². The van der Waals surface area contributed by atoms with E-state index in [0.717, 1.165) is 18.2 Å². The standard InChI is InChI=1S/C13H13F3N2O2/c1-8(19)4-5-18-7-17-11-6-9(13(14,15)16)2-3-10(11)12(18)20/h2-3,6-8,19H,4-5H2,1H3/t8-/m0/s1. The fourth-order valence-corrected chi connectivity index (χ4v) is 1.82. The van der Waals surface area contributed by atoms with Crippen molar-refractivity contribution in [3.63, 3.8) is 0 Å². The van der Waals surface area contributed by atoms with Crippen LogP contribution in [0.15, 0.2) is 29.3 Å². The fourth-order valence-electron chi connectivity index (χ4n) is 1.82. The van der Waals surface area contributed by atoms with Crippen molar-refractivity contribution in [2.75, 3.05) is 0 Å². The second-order valence-corrected chi connectivity index (χ2v) is 4.61. The van der Waals surface area contributed by atoms with E-state index in [4.69, 9.17) is 0 Å². The topological polar surface area (TPSA) is 55.1 Å². The van der Waals surface area contributed by atoms with Gasteiger partial charge in [-0.25, -0.2) is 4.98 Å². The molecular weight excluding hydrogens is 273 g/mol. The summed E-state index contributed by atoms with van der Waals surface area (Å²) in [5.41, 5.74) is -1.24. The predicted molar refractivity (Wildman–Crippen MR) is 67.3 cm³/mol. The minimum atomic E-state index is -4.46. The number of fused-ring (bicyclic) bond motifs is 1. The van der Waals surface area contributed by atoms with Gasteiger partial charge in [0, 0.05) is 6.54 Å². The first-order chi connectivity index (χ1) is 9.29. The number of aliphatic hydroxyl groups excluding tert-OH is 1. The van der Waals surface area contributed by atoms with Crippen LogP contribution in [0.3, 0.4) is 0 Å². The lowest BCUT2D eigenvalue weighted by atomic mass is 10.1. The average molecular weight is 286 g/mol. The number of rotatable bonds is 3. The van der Waals surface area contributed by atoms with E-state index in [0.29, 0.717) is 6.42 Å². The molecule has 0 radical (unpaired) electrons. The second-order valence-electron chi connectivity index (χ2n) is 4.61. The van der Waals surface area contributed by atoms with Gasteiger partial charge in [0.15, 0.2) is 0 Å². The summed E-state index contributed by atoms with van der Waals surface area (Å²) in [5.74, 6) is 0. The summed E-state index contributed by atoms with van der Waals surface area (Å²) in [4.78, 5) is 15.9. The Morgan fingerprint density at radius 2 is 2.10 bits per heavy atom. The molecule has 0 unspecified atom stereocenters. The number of aryl methyl sites for hydroxylation is 1. The summed E-state index contributed by atoms with van der Waals surface area (Å²) in [6.45, 7) is 1.86. The Hall–Kier alpha value is -1.89. The zero-order chi connectivity index (χ0) is 14.9. The van der Waals surface area contributed by atoms with Gasteiger partial charge in [0.05, 0.1) is 28.9 Å². The van der Waals surface area contributed by atoms with E-state index in [9.17, 15) is 23.1 Å². The highest BCUT2D eigenvalue weighted by Gasteiger charge is 2.30. The van der Waals surface area contributed by atoms with Crippen LogP contribution in [0.25, 0.3) is 10.9 Å². The Kier molecular flexibility index (Phi) is 3.80. The van der Waals surface area contributed by atoms with Gasteiger partial charge in [-0.15, -0.1) is 0 Å². The highest BCUT2D eigenvalue weighted by Crippen LogP contribution is 2.30. The molecule has 108 valence electrons. The highest BCUT2D eigenvalue weighted by molar-refractivity contribution is 5.78. The summed E-state index contributed by atoms with van der Waals surface area (Å²) >= 11 is 0. The fraction of sp³-hybridized carbons (Fsp3) is 0.385. The quantitative estimate of drug-likeness (QED) is 0.941. The number of benzene rings is 1. The maximum atomic E-state index is 12.6. The minimum Gasteiger partial charge on any atom is -0.393 e. The number of aromatic nitrogens is 2. The van der Waals surface area contributed by atoms with Crippen molar-refractivity contribution in [1.82, 2.24) is 9.55 Å². The van der Waals surface area contributed by atoms with E-state index in [1.54, 1.807) is 6.92 Å². The van der Waals surface area contributed by atoms with Crippen LogP contribution in [0.4, 0.5) is 13.2 Å². The SMILES string of the molecule is C[C@H](O)CCn1cnc2cc(C(F)(F)F)ccc2c1=O. The Balaban J connectivity index is 2.45. The molecule has 1 atom stereocenters. The Bertz CT molecular complexity index is 677. The van der Waals surface area contributed by atoms with Gasteiger partial charge in [0.2, 0.25) is 0 Å². The van der Waals surface area contributed by atoms with Gasteiger partial charge in [0.1, 0.15) is 0 Å². The lowest BCUT2D eigenvalue weighted by Crippen LogP contribution is -2.22.